The summed E-state index contributed by atoms with van der Waals surface area (Å²) in [5, 5.41) is 9.29. The largest absolute Gasteiger partial charge is 0.481 e. The van der Waals surface area contributed by atoms with E-state index in [1.54, 1.807) is 26.0 Å². The Hall–Kier alpha value is -0.920. The molecule has 0 aliphatic heterocycles. The van der Waals surface area contributed by atoms with E-state index in [-0.39, 0.29) is 11.4 Å². The first kappa shape index (κ1) is 17.1. The number of rotatable bonds is 7. The molecule has 0 heterocycles. The molecule has 0 fully saturated rings. The first-order chi connectivity index (χ1) is 9.27. The van der Waals surface area contributed by atoms with Crippen LogP contribution in [0.5, 0.6) is 0 Å². The molecule has 0 bridgehead atoms. The Kier molecular flexibility index (Phi) is 5.73. The maximum atomic E-state index is 12.2. The molecule has 2 N–H and O–H groups in total. The molecule has 0 aliphatic carbocycles. The monoisotopic (exact) mass is 363 g/mol. The van der Waals surface area contributed by atoms with Crippen molar-refractivity contribution in [3.05, 3.63) is 28.7 Å². The molecule has 5 nitrogen and oxygen atoms in total. The van der Waals surface area contributed by atoms with E-state index in [2.05, 4.69) is 20.7 Å². The molecule has 0 amide bonds. The number of hydrogen-bond donors (Lipinski definition) is 2. The molecule has 0 saturated heterocycles. The van der Waals surface area contributed by atoms with Gasteiger partial charge in [0.15, 0.2) is 0 Å². The highest BCUT2D eigenvalue weighted by Gasteiger charge is 2.36. The molecule has 0 atom stereocenters. The number of hydrogen-bond acceptors (Lipinski definition) is 3. The average molecular weight is 364 g/mol. The van der Waals surface area contributed by atoms with Crippen molar-refractivity contribution < 1.29 is 18.3 Å². The van der Waals surface area contributed by atoms with E-state index in [1.165, 1.54) is 12.1 Å². The predicted molar refractivity (Wildman–Crippen MR) is 80.0 cm³/mol. The van der Waals surface area contributed by atoms with Crippen LogP contribution in [0.2, 0.25) is 0 Å². The summed E-state index contributed by atoms with van der Waals surface area (Å²) in [6.45, 7) is 3.36. The van der Waals surface area contributed by atoms with Gasteiger partial charge in [-0.15, -0.1) is 0 Å². The Morgan fingerprint density at radius 3 is 2.40 bits per heavy atom. The summed E-state index contributed by atoms with van der Waals surface area (Å²) in [5.74, 6) is -0.987. The van der Waals surface area contributed by atoms with Gasteiger partial charge in [0, 0.05) is 11.0 Å². The third-order valence-electron chi connectivity index (χ3n) is 3.51. The molecular weight excluding hydrogens is 346 g/mol. The van der Waals surface area contributed by atoms with Crippen LogP contribution < -0.4 is 4.72 Å². The molecule has 0 unspecified atom stereocenters. The maximum Gasteiger partial charge on any atom is 0.310 e. The zero-order valence-electron chi connectivity index (χ0n) is 11.4. The minimum Gasteiger partial charge on any atom is -0.481 e. The minimum absolute atomic E-state index is 0.110. The van der Waals surface area contributed by atoms with Crippen LogP contribution in [0.25, 0.3) is 0 Å². The number of halogens is 1. The molecule has 20 heavy (non-hydrogen) atoms. The summed E-state index contributed by atoms with van der Waals surface area (Å²) < 4.78 is 27.4. The van der Waals surface area contributed by atoms with E-state index in [9.17, 15) is 18.3 Å². The zero-order valence-corrected chi connectivity index (χ0v) is 13.8. The van der Waals surface area contributed by atoms with Crippen molar-refractivity contribution in [1.29, 1.82) is 0 Å². The van der Waals surface area contributed by atoms with Crippen LogP contribution in [0.15, 0.2) is 33.6 Å². The maximum absolute atomic E-state index is 12.2. The molecule has 112 valence electrons. The fraction of sp³-hybridized carbons (Fsp3) is 0.462. The molecule has 0 saturated carbocycles. The van der Waals surface area contributed by atoms with Gasteiger partial charge < -0.3 is 5.11 Å². The summed E-state index contributed by atoms with van der Waals surface area (Å²) in [7, 11) is -3.71. The summed E-state index contributed by atoms with van der Waals surface area (Å²) >= 11 is 3.21. The SMILES string of the molecule is CCC(CC)(CNS(=O)(=O)c1cccc(Br)c1)C(=O)O. The van der Waals surface area contributed by atoms with Crippen molar-refractivity contribution in [3.63, 3.8) is 0 Å². The number of nitrogens with one attached hydrogen (secondary N) is 1. The van der Waals surface area contributed by atoms with Crippen molar-refractivity contribution in [2.75, 3.05) is 6.54 Å². The number of carboxylic acid groups (broad SMARTS) is 1. The van der Waals surface area contributed by atoms with E-state index < -0.39 is 21.4 Å². The zero-order chi connectivity index (χ0) is 15.4. The third-order valence-corrected chi connectivity index (χ3v) is 5.41. The summed E-state index contributed by atoms with van der Waals surface area (Å²) in [6.07, 6.45) is 0.722. The number of carboxylic acids is 1. The Labute approximate surface area is 127 Å². The van der Waals surface area contributed by atoms with E-state index in [0.717, 1.165) is 0 Å². The standard InChI is InChI=1S/C13H18BrNO4S/c1-3-13(4-2,12(16)17)9-15-20(18,19)11-7-5-6-10(14)8-11/h5-8,15H,3-4,9H2,1-2H3,(H,16,17). The lowest BCUT2D eigenvalue weighted by atomic mass is 9.83. The normalized spacial score (nSPS) is 12.3. The van der Waals surface area contributed by atoms with Gasteiger partial charge in [-0.2, -0.15) is 0 Å². The lowest BCUT2D eigenvalue weighted by Crippen LogP contribution is -2.42. The number of carbonyl (C=O) groups is 1. The van der Waals surface area contributed by atoms with Crippen molar-refractivity contribution >= 4 is 31.9 Å². The van der Waals surface area contributed by atoms with Crippen molar-refractivity contribution in [2.45, 2.75) is 31.6 Å². The topological polar surface area (TPSA) is 83.5 Å². The number of sulfonamides is 1. The molecular formula is C13H18BrNO4S. The van der Waals surface area contributed by atoms with Gasteiger partial charge in [0.2, 0.25) is 10.0 Å². The van der Waals surface area contributed by atoms with Crippen molar-refractivity contribution in [3.8, 4) is 0 Å². The molecule has 1 aromatic rings. The molecule has 1 aromatic carbocycles. The predicted octanol–water partition coefficient (Wildman–Crippen LogP) is 2.62. The Morgan fingerprint density at radius 2 is 1.95 bits per heavy atom. The van der Waals surface area contributed by atoms with Gasteiger partial charge in [0.1, 0.15) is 0 Å². The third kappa shape index (κ3) is 3.80. The first-order valence-corrected chi connectivity index (χ1v) is 8.53. The van der Waals surface area contributed by atoms with Gasteiger partial charge in [-0.25, -0.2) is 13.1 Å². The molecule has 0 aliphatic rings. The Bertz CT molecular complexity index is 582. The summed E-state index contributed by atoms with van der Waals surface area (Å²) in [6, 6.07) is 6.28. The Balaban J connectivity index is 2.95. The summed E-state index contributed by atoms with van der Waals surface area (Å²) in [5.41, 5.74) is -1.07. The highest BCUT2D eigenvalue weighted by atomic mass is 79.9. The molecule has 1 rings (SSSR count). The fourth-order valence-corrected chi connectivity index (χ4v) is 3.55. The van der Waals surface area contributed by atoms with E-state index in [0.29, 0.717) is 17.3 Å². The van der Waals surface area contributed by atoms with E-state index >= 15 is 0 Å². The number of benzene rings is 1. The van der Waals surface area contributed by atoms with E-state index in [1.807, 2.05) is 0 Å². The molecule has 0 radical (unpaired) electrons. The lowest BCUT2D eigenvalue weighted by molar-refractivity contribution is -0.149. The van der Waals surface area contributed by atoms with Crippen LogP contribution >= 0.6 is 15.9 Å². The number of aliphatic carboxylic acids is 1. The van der Waals surface area contributed by atoms with Gasteiger partial charge in [-0.3, -0.25) is 4.79 Å². The second-order valence-electron chi connectivity index (χ2n) is 4.57. The van der Waals surface area contributed by atoms with Gasteiger partial charge in [0.05, 0.1) is 10.3 Å². The quantitative estimate of drug-likeness (QED) is 0.779. The Morgan fingerprint density at radius 1 is 1.35 bits per heavy atom. The highest BCUT2D eigenvalue weighted by Crippen LogP contribution is 2.26. The van der Waals surface area contributed by atoms with Gasteiger partial charge in [0.25, 0.3) is 0 Å². The first-order valence-electron chi connectivity index (χ1n) is 6.26. The average Bonchev–Trinajstić information content (AvgIpc) is 2.40. The van der Waals surface area contributed by atoms with E-state index in [4.69, 9.17) is 0 Å². The van der Waals surface area contributed by atoms with Crippen LogP contribution in [0.1, 0.15) is 26.7 Å². The van der Waals surface area contributed by atoms with Crippen LogP contribution in [0.4, 0.5) is 0 Å². The second-order valence-corrected chi connectivity index (χ2v) is 7.26. The highest BCUT2D eigenvalue weighted by molar-refractivity contribution is 9.10. The smallest absolute Gasteiger partial charge is 0.310 e. The van der Waals surface area contributed by atoms with Crippen LogP contribution in [0.3, 0.4) is 0 Å². The summed E-state index contributed by atoms with van der Waals surface area (Å²) in [4.78, 5) is 11.5. The fourth-order valence-electron chi connectivity index (χ4n) is 1.83. The van der Waals surface area contributed by atoms with Crippen LogP contribution in [-0.4, -0.2) is 26.0 Å². The second kappa shape index (κ2) is 6.69. The minimum atomic E-state index is -3.71. The van der Waals surface area contributed by atoms with Crippen LogP contribution in [0, 0.1) is 5.41 Å². The van der Waals surface area contributed by atoms with Crippen LogP contribution in [-0.2, 0) is 14.8 Å². The van der Waals surface area contributed by atoms with Crippen molar-refractivity contribution in [2.24, 2.45) is 5.41 Å². The van der Waals surface area contributed by atoms with Crippen molar-refractivity contribution in [1.82, 2.24) is 4.72 Å². The van der Waals surface area contributed by atoms with Gasteiger partial charge in [-0.1, -0.05) is 35.8 Å². The van der Waals surface area contributed by atoms with Gasteiger partial charge >= 0.3 is 5.97 Å². The molecule has 0 spiro atoms. The molecule has 0 aromatic heterocycles. The molecule has 7 heteroatoms. The van der Waals surface area contributed by atoms with Gasteiger partial charge in [-0.05, 0) is 31.0 Å². The lowest BCUT2D eigenvalue weighted by Gasteiger charge is -2.26.